The van der Waals surface area contributed by atoms with Crippen molar-refractivity contribution in [1.82, 2.24) is 8.61 Å². The van der Waals surface area contributed by atoms with Crippen LogP contribution in [0, 0.1) is 19.8 Å². The Morgan fingerprint density at radius 1 is 0.969 bits per heavy atom. The summed E-state index contributed by atoms with van der Waals surface area (Å²) in [5.41, 5.74) is 2.00. The second kappa shape index (κ2) is 9.30. The molecule has 0 aliphatic carbocycles. The molecular weight excluding hydrogens is 450 g/mol. The van der Waals surface area contributed by atoms with Gasteiger partial charge in [0.05, 0.1) is 9.79 Å². The minimum Gasteiger partial charge on any atom is -0.326 e. The molecule has 1 heterocycles. The summed E-state index contributed by atoms with van der Waals surface area (Å²) in [4.78, 5) is 13.3. The average molecular weight is 480 g/mol. The molecule has 1 aliphatic rings. The summed E-state index contributed by atoms with van der Waals surface area (Å²) in [6.07, 6.45) is 0.789. The van der Waals surface area contributed by atoms with Gasteiger partial charge in [-0.05, 0) is 62.1 Å². The molecule has 1 amide bonds. The fourth-order valence-electron chi connectivity index (χ4n) is 3.65. The molecule has 0 bridgehead atoms. The summed E-state index contributed by atoms with van der Waals surface area (Å²) in [5, 5.41) is 2.87. The number of carbonyl (C=O) groups excluding carboxylic acids is 1. The van der Waals surface area contributed by atoms with Gasteiger partial charge in [0.2, 0.25) is 26.0 Å². The molecule has 174 valence electrons. The van der Waals surface area contributed by atoms with Crippen molar-refractivity contribution in [3.63, 3.8) is 0 Å². The summed E-state index contributed by atoms with van der Waals surface area (Å²) in [6.45, 7) is 4.13. The summed E-state index contributed by atoms with van der Waals surface area (Å²) in [7, 11) is -4.31. The molecule has 1 fully saturated rings. The fraction of sp³-hybridized carbons (Fsp3) is 0.409. The summed E-state index contributed by atoms with van der Waals surface area (Å²) < 4.78 is 53.2. The van der Waals surface area contributed by atoms with E-state index in [9.17, 15) is 21.6 Å². The van der Waals surface area contributed by atoms with Crippen molar-refractivity contribution >= 4 is 31.6 Å². The quantitative estimate of drug-likeness (QED) is 0.686. The summed E-state index contributed by atoms with van der Waals surface area (Å²) >= 11 is 0. The van der Waals surface area contributed by atoms with Crippen molar-refractivity contribution in [2.45, 2.75) is 36.5 Å². The van der Waals surface area contributed by atoms with Crippen LogP contribution in [0.15, 0.2) is 52.3 Å². The van der Waals surface area contributed by atoms with E-state index in [1.54, 1.807) is 43.3 Å². The minimum absolute atomic E-state index is 0.115. The van der Waals surface area contributed by atoms with Gasteiger partial charge in [-0.15, -0.1) is 0 Å². The van der Waals surface area contributed by atoms with Gasteiger partial charge in [0, 0.05) is 38.8 Å². The Morgan fingerprint density at radius 3 is 2.12 bits per heavy atom. The highest BCUT2D eigenvalue weighted by molar-refractivity contribution is 7.89. The topological polar surface area (TPSA) is 104 Å². The van der Waals surface area contributed by atoms with Crippen molar-refractivity contribution in [3.8, 4) is 0 Å². The zero-order chi connectivity index (χ0) is 23.7. The van der Waals surface area contributed by atoms with Crippen LogP contribution in [0.2, 0.25) is 0 Å². The molecule has 0 unspecified atom stereocenters. The van der Waals surface area contributed by atoms with Crippen LogP contribution in [-0.4, -0.2) is 58.5 Å². The Kier molecular flexibility index (Phi) is 7.09. The lowest BCUT2D eigenvalue weighted by Gasteiger charge is -2.30. The van der Waals surface area contributed by atoms with E-state index in [0.717, 1.165) is 15.4 Å². The largest absolute Gasteiger partial charge is 0.326 e. The van der Waals surface area contributed by atoms with Gasteiger partial charge in [-0.25, -0.2) is 21.1 Å². The van der Waals surface area contributed by atoms with Crippen molar-refractivity contribution in [1.29, 1.82) is 0 Å². The molecule has 32 heavy (non-hydrogen) atoms. The molecule has 10 heteroatoms. The Morgan fingerprint density at radius 2 is 1.56 bits per heavy atom. The summed E-state index contributed by atoms with van der Waals surface area (Å²) in [5.74, 6) is -0.588. The van der Waals surface area contributed by atoms with E-state index in [2.05, 4.69) is 5.32 Å². The number of piperidine rings is 1. The molecule has 0 saturated carbocycles. The predicted molar refractivity (Wildman–Crippen MR) is 123 cm³/mol. The lowest BCUT2D eigenvalue weighted by molar-refractivity contribution is -0.120. The van der Waals surface area contributed by atoms with Crippen LogP contribution < -0.4 is 5.32 Å². The molecule has 1 saturated heterocycles. The summed E-state index contributed by atoms with van der Waals surface area (Å²) in [6, 6.07) is 11.3. The number of carbonyl (C=O) groups is 1. The van der Waals surface area contributed by atoms with Gasteiger partial charge in [-0.2, -0.15) is 4.31 Å². The fourth-order valence-corrected chi connectivity index (χ4v) is 6.16. The van der Waals surface area contributed by atoms with Gasteiger partial charge >= 0.3 is 0 Å². The molecule has 0 aromatic heterocycles. The lowest BCUT2D eigenvalue weighted by atomic mass is 9.97. The van der Waals surface area contributed by atoms with Crippen LogP contribution in [0.1, 0.15) is 24.0 Å². The van der Waals surface area contributed by atoms with Crippen molar-refractivity contribution in [2.24, 2.45) is 5.92 Å². The second-order valence-corrected chi connectivity index (χ2v) is 12.3. The molecule has 2 aromatic rings. The monoisotopic (exact) mass is 479 g/mol. The molecule has 0 radical (unpaired) electrons. The molecule has 1 N–H and O–H groups in total. The van der Waals surface area contributed by atoms with E-state index in [-0.39, 0.29) is 34.7 Å². The average Bonchev–Trinajstić information content (AvgIpc) is 2.77. The third-order valence-corrected chi connectivity index (χ3v) is 9.59. The van der Waals surface area contributed by atoms with Crippen molar-refractivity contribution in [3.05, 3.63) is 53.6 Å². The Labute approximate surface area is 190 Å². The van der Waals surface area contributed by atoms with E-state index in [1.807, 2.05) is 6.92 Å². The van der Waals surface area contributed by atoms with Gasteiger partial charge in [-0.1, -0.05) is 18.2 Å². The lowest BCUT2D eigenvalue weighted by Crippen LogP contribution is -2.41. The maximum absolute atomic E-state index is 12.9. The number of rotatable bonds is 6. The SMILES string of the molecule is Cc1cc(S(=O)(=O)N(C)C)cc(NC(=O)C2CCN(S(=O)(=O)c3ccccc3)CC2)c1C. The highest BCUT2D eigenvalue weighted by atomic mass is 32.2. The van der Waals surface area contributed by atoms with Crippen molar-refractivity contribution in [2.75, 3.05) is 32.5 Å². The minimum atomic E-state index is -3.64. The molecule has 2 aromatic carbocycles. The van der Waals surface area contributed by atoms with E-state index in [1.165, 1.54) is 24.5 Å². The third kappa shape index (κ3) is 4.88. The van der Waals surface area contributed by atoms with Crippen LogP contribution in [0.3, 0.4) is 0 Å². The Hall–Kier alpha value is -2.27. The number of nitrogens with one attached hydrogen (secondary N) is 1. The maximum atomic E-state index is 12.9. The van der Waals surface area contributed by atoms with E-state index >= 15 is 0 Å². The zero-order valence-electron chi connectivity index (χ0n) is 18.7. The number of amides is 1. The Bertz CT molecular complexity index is 1200. The molecular formula is C22H29N3O5S2. The standard InChI is InChI=1S/C22H29N3O5S2/c1-16-14-20(31(27,28)24(3)4)15-21(17(16)2)23-22(26)18-10-12-25(13-11-18)32(29,30)19-8-6-5-7-9-19/h5-9,14-15,18H,10-13H2,1-4H3,(H,23,26). The molecule has 0 atom stereocenters. The number of sulfonamides is 2. The molecule has 0 spiro atoms. The second-order valence-electron chi connectivity index (χ2n) is 8.18. The first kappa shape index (κ1) is 24.4. The molecule has 3 rings (SSSR count). The van der Waals surface area contributed by atoms with Crippen LogP contribution in [0.25, 0.3) is 0 Å². The van der Waals surface area contributed by atoms with Gasteiger partial charge in [0.15, 0.2) is 0 Å². The van der Waals surface area contributed by atoms with Gasteiger partial charge in [0.1, 0.15) is 0 Å². The van der Waals surface area contributed by atoms with Crippen LogP contribution in [0.5, 0.6) is 0 Å². The van der Waals surface area contributed by atoms with E-state index in [0.29, 0.717) is 18.5 Å². The normalized spacial score (nSPS) is 16.3. The predicted octanol–water partition coefficient (Wildman–Crippen LogP) is 2.59. The third-order valence-electron chi connectivity index (χ3n) is 5.88. The van der Waals surface area contributed by atoms with Gasteiger partial charge in [0.25, 0.3) is 0 Å². The van der Waals surface area contributed by atoms with Crippen molar-refractivity contribution < 1.29 is 21.6 Å². The maximum Gasteiger partial charge on any atom is 0.243 e. The van der Waals surface area contributed by atoms with Crippen LogP contribution >= 0.6 is 0 Å². The first-order valence-electron chi connectivity index (χ1n) is 10.3. The highest BCUT2D eigenvalue weighted by Crippen LogP contribution is 2.28. The molecule has 8 nitrogen and oxygen atoms in total. The number of anilines is 1. The highest BCUT2D eigenvalue weighted by Gasteiger charge is 2.32. The number of hydrogen-bond donors (Lipinski definition) is 1. The zero-order valence-corrected chi connectivity index (χ0v) is 20.3. The van der Waals surface area contributed by atoms with E-state index in [4.69, 9.17) is 0 Å². The number of benzene rings is 2. The number of aryl methyl sites for hydroxylation is 1. The van der Waals surface area contributed by atoms with Gasteiger partial charge < -0.3 is 5.32 Å². The van der Waals surface area contributed by atoms with E-state index < -0.39 is 20.0 Å². The molecule has 1 aliphatic heterocycles. The first-order chi connectivity index (χ1) is 14.9. The van der Waals surface area contributed by atoms with Crippen LogP contribution in [-0.2, 0) is 24.8 Å². The Balaban J connectivity index is 1.72. The number of nitrogens with zero attached hydrogens (tertiary/aromatic N) is 2. The first-order valence-corrected chi connectivity index (χ1v) is 13.2. The number of hydrogen-bond acceptors (Lipinski definition) is 5. The smallest absolute Gasteiger partial charge is 0.243 e. The van der Waals surface area contributed by atoms with Gasteiger partial charge in [-0.3, -0.25) is 4.79 Å². The van der Waals surface area contributed by atoms with Crippen LogP contribution in [0.4, 0.5) is 5.69 Å².